The first-order valence-corrected chi connectivity index (χ1v) is 6.62. The van der Waals surface area contributed by atoms with Gasteiger partial charge in [-0.2, -0.15) is 0 Å². The van der Waals surface area contributed by atoms with Crippen molar-refractivity contribution in [1.29, 1.82) is 0 Å². The Morgan fingerprint density at radius 1 is 1.58 bits per heavy atom. The second-order valence-corrected chi connectivity index (χ2v) is 5.19. The van der Waals surface area contributed by atoms with Crippen LogP contribution < -0.4 is 10.5 Å². The number of primary sulfonamides is 1. The first kappa shape index (κ1) is 15.3. The van der Waals surface area contributed by atoms with E-state index < -0.39 is 27.9 Å². The summed E-state index contributed by atoms with van der Waals surface area (Å²) in [6, 6.07) is 3.02. The van der Waals surface area contributed by atoms with Gasteiger partial charge in [-0.3, -0.25) is 0 Å². The van der Waals surface area contributed by atoms with Crippen LogP contribution in [0.5, 0.6) is 0 Å². The van der Waals surface area contributed by atoms with E-state index >= 15 is 0 Å². The number of hydrogen-bond acceptors (Lipinski definition) is 5. The van der Waals surface area contributed by atoms with Crippen molar-refractivity contribution in [1.82, 2.24) is 0 Å². The summed E-state index contributed by atoms with van der Waals surface area (Å²) in [5, 5.41) is 16.1. The summed E-state index contributed by atoms with van der Waals surface area (Å²) in [6.45, 7) is -0.169. The fraction of sp³-hybridized carbons (Fsp3) is 0.300. The van der Waals surface area contributed by atoms with Crippen LogP contribution in [0, 0.1) is 5.82 Å². The van der Waals surface area contributed by atoms with Gasteiger partial charge in [-0.25, -0.2) is 22.7 Å². The molecular formula is C10H13FN2O5S. The van der Waals surface area contributed by atoms with Gasteiger partial charge in [0.05, 0.1) is 17.1 Å². The van der Waals surface area contributed by atoms with Gasteiger partial charge in [0.25, 0.3) is 0 Å². The number of sulfonamides is 1. The molecule has 1 aromatic rings. The van der Waals surface area contributed by atoms with Crippen molar-refractivity contribution >= 4 is 21.7 Å². The SMILES string of the molecule is COC(CNc1ccc(S(N)(=O)=O)cc1F)C(=O)O. The molecule has 0 heterocycles. The number of rotatable bonds is 6. The molecule has 0 aliphatic heterocycles. The number of aliphatic carboxylic acids is 1. The highest BCUT2D eigenvalue weighted by atomic mass is 32.2. The van der Waals surface area contributed by atoms with E-state index in [1.807, 2.05) is 0 Å². The summed E-state index contributed by atoms with van der Waals surface area (Å²) in [7, 11) is -2.77. The van der Waals surface area contributed by atoms with Gasteiger partial charge in [0, 0.05) is 7.11 Å². The van der Waals surface area contributed by atoms with Crippen LogP contribution in [-0.4, -0.2) is 39.3 Å². The molecule has 19 heavy (non-hydrogen) atoms. The maximum Gasteiger partial charge on any atom is 0.334 e. The third-order valence-electron chi connectivity index (χ3n) is 2.31. The fourth-order valence-corrected chi connectivity index (χ4v) is 1.82. The van der Waals surface area contributed by atoms with Crippen LogP contribution in [0.2, 0.25) is 0 Å². The van der Waals surface area contributed by atoms with E-state index in [0.29, 0.717) is 0 Å². The zero-order chi connectivity index (χ0) is 14.6. The number of nitrogens with one attached hydrogen (secondary N) is 1. The molecule has 106 valence electrons. The molecule has 0 amide bonds. The largest absolute Gasteiger partial charge is 0.479 e. The Balaban J connectivity index is 2.84. The summed E-state index contributed by atoms with van der Waals surface area (Å²) in [5.74, 6) is -2.05. The maximum atomic E-state index is 13.6. The molecule has 0 aliphatic carbocycles. The van der Waals surface area contributed by atoms with Gasteiger partial charge in [-0.1, -0.05) is 0 Å². The van der Waals surface area contributed by atoms with Crippen LogP contribution in [0.25, 0.3) is 0 Å². The average Bonchev–Trinajstić information content (AvgIpc) is 2.29. The number of carboxylic acids is 1. The van der Waals surface area contributed by atoms with Crippen molar-refractivity contribution in [2.75, 3.05) is 19.0 Å². The summed E-state index contributed by atoms with van der Waals surface area (Å²) in [6.07, 6.45) is -1.14. The van der Waals surface area contributed by atoms with Crippen LogP contribution in [0.4, 0.5) is 10.1 Å². The van der Waals surface area contributed by atoms with Gasteiger partial charge in [-0.05, 0) is 18.2 Å². The molecule has 0 fully saturated rings. The van der Waals surface area contributed by atoms with Gasteiger partial charge >= 0.3 is 5.97 Å². The van der Waals surface area contributed by atoms with Gasteiger partial charge < -0.3 is 15.2 Å². The lowest BCUT2D eigenvalue weighted by Crippen LogP contribution is -2.30. The van der Waals surface area contributed by atoms with Crippen molar-refractivity contribution in [3.8, 4) is 0 Å². The minimum Gasteiger partial charge on any atom is -0.479 e. The van der Waals surface area contributed by atoms with E-state index in [0.717, 1.165) is 18.2 Å². The topological polar surface area (TPSA) is 119 Å². The standard InChI is InChI=1S/C10H13FN2O5S/c1-18-9(10(14)15)5-13-8-3-2-6(4-7(8)11)19(12,16)17/h2-4,9,13H,5H2,1H3,(H,14,15)(H2,12,16,17). The Morgan fingerprint density at radius 2 is 2.21 bits per heavy atom. The van der Waals surface area contributed by atoms with Crippen LogP contribution in [0.3, 0.4) is 0 Å². The molecule has 0 aromatic heterocycles. The monoisotopic (exact) mass is 292 g/mol. The Hall–Kier alpha value is -1.71. The van der Waals surface area contributed by atoms with Gasteiger partial charge in [0.15, 0.2) is 6.10 Å². The van der Waals surface area contributed by atoms with Gasteiger partial charge in [-0.15, -0.1) is 0 Å². The van der Waals surface area contributed by atoms with E-state index in [9.17, 15) is 17.6 Å². The van der Waals surface area contributed by atoms with Crippen LogP contribution in [0.1, 0.15) is 0 Å². The molecule has 1 atom stereocenters. The molecule has 0 spiro atoms. The highest BCUT2D eigenvalue weighted by Gasteiger charge is 2.17. The van der Waals surface area contributed by atoms with Crippen molar-refractivity contribution in [3.63, 3.8) is 0 Å². The molecule has 4 N–H and O–H groups in total. The van der Waals surface area contributed by atoms with Crippen molar-refractivity contribution in [2.24, 2.45) is 5.14 Å². The van der Waals surface area contributed by atoms with Gasteiger partial charge in [0.1, 0.15) is 5.82 Å². The number of halogens is 1. The van der Waals surface area contributed by atoms with E-state index in [-0.39, 0.29) is 17.1 Å². The third-order valence-corrected chi connectivity index (χ3v) is 3.22. The molecule has 9 heteroatoms. The number of ether oxygens (including phenoxy) is 1. The fourth-order valence-electron chi connectivity index (χ4n) is 1.29. The molecule has 0 bridgehead atoms. The van der Waals surface area contributed by atoms with E-state index in [1.54, 1.807) is 0 Å². The third kappa shape index (κ3) is 4.16. The summed E-state index contributed by atoms with van der Waals surface area (Å²) in [5.41, 5.74) is -0.0456. The van der Waals surface area contributed by atoms with E-state index in [1.165, 1.54) is 7.11 Å². The van der Waals surface area contributed by atoms with Gasteiger partial charge in [0.2, 0.25) is 10.0 Å². The maximum absolute atomic E-state index is 13.6. The summed E-state index contributed by atoms with van der Waals surface area (Å²) < 4.78 is 40.2. The Labute approximate surface area is 109 Å². The second-order valence-electron chi connectivity index (χ2n) is 3.63. The number of anilines is 1. The minimum absolute atomic E-state index is 0.0456. The smallest absolute Gasteiger partial charge is 0.334 e. The Kier molecular flexibility index (Phi) is 4.81. The second kappa shape index (κ2) is 5.95. The lowest BCUT2D eigenvalue weighted by atomic mass is 10.3. The Bertz CT molecular complexity index is 575. The van der Waals surface area contributed by atoms with Crippen LogP contribution >= 0.6 is 0 Å². The molecule has 1 rings (SSSR count). The molecule has 1 unspecified atom stereocenters. The van der Waals surface area contributed by atoms with Crippen molar-refractivity contribution in [3.05, 3.63) is 24.0 Å². The average molecular weight is 292 g/mol. The molecular weight excluding hydrogens is 279 g/mol. The van der Waals surface area contributed by atoms with Crippen molar-refractivity contribution < 1.29 is 27.4 Å². The molecule has 0 saturated carbocycles. The number of methoxy groups -OCH3 is 1. The number of hydrogen-bond donors (Lipinski definition) is 3. The number of carboxylic acid groups (broad SMARTS) is 1. The van der Waals surface area contributed by atoms with Crippen LogP contribution in [-0.2, 0) is 19.6 Å². The first-order valence-electron chi connectivity index (χ1n) is 5.07. The molecule has 0 saturated heterocycles. The molecule has 0 aliphatic rings. The number of nitrogens with two attached hydrogens (primary N) is 1. The summed E-state index contributed by atoms with van der Waals surface area (Å²) >= 11 is 0. The highest BCUT2D eigenvalue weighted by molar-refractivity contribution is 7.89. The van der Waals surface area contributed by atoms with E-state index in [2.05, 4.69) is 10.1 Å². The van der Waals surface area contributed by atoms with Crippen molar-refractivity contribution in [2.45, 2.75) is 11.0 Å². The zero-order valence-electron chi connectivity index (χ0n) is 9.96. The Morgan fingerprint density at radius 3 is 2.63 bits per heavy atom. The lowest BCUT2D eigenvalue weighted by Gasteiger charge is -2.13. The summed E-state index contributed by atoms with van der Waals surface area (Å²) in [4.78, 5) is 10.3. The highest BCUT2D eigenvalue weighted by Crippen LogP contribution is 2.18. The molecule has 7 nitrogen and oxygen atoms in total. The predicted molar refractivity (Wildman–Crippen MR) is 64.7 cm³/mol. The first-order chi connectivity index (χ1) is 8.75. The quantitative estimate of drug-likeness (QED) is 0.678. The zero-order valence-corrected chi connectivity index (χ0v) is 10.8. The normalized spacial score (nSPS) is 13.0. The molecule has 1 aromatic carbocycles. The number of benzene rings is 1. The van der Waals surface area contributed by atoms with Crippen LogP contribution in [0.15, 0.2) is 23.1 Å². The van der Waals surface area contributed by atoms with E-state index in [4.69, 9.17) is 10.2 Å². The molecule has 0 radical (unpaired) electrons. The minimum atomic E-state index is -3.98. The predicted octanol–water partition coefficient (Wildman–Crippen LogP) is -0.0154. The lowest BCUT2D eigenvalue weighted by molar-refractivity contribution is -0.147. The number of carbonyl (C=O) groups is 1.